The van der Waals surface area contributed by atoms with E-state index in [1.807, 2.05) is 56.6 Å². The fourth-order valence-corrected chi connectivity index (χ4v) is 3.74. The predicted molar refractivity (Wildman–Crippen MR) is 120 cm³/mol. The standard InChI is InChI=1S/C25H22N4O3/c1-17-5-6-24-18(8-17)10-23(32-24)16-29(15-22-4-3-7-31-22)25(30)20-9-19(11-26-12-20)21-13-27-28(2)14-21/h3-14H,15-16H2,1-2H3. The third-order valence-electron chi connectivity index (χ3n) is 5.31. The van der Waals surface area contributed by atoms with Crippen molar-refractivity contribution in [3.8, 4) is 11.1 Å². The minimum atomic E-state index is -0.156. The Hall–Kier alpha value is -4.13. The molecule has 5 rings (SSSR count). The van der Waals surface area contributed by atoms with Gasteiger partial charge in [-0.1, -0.05) is 11.6 Å². The molecule has 4 aromatic heterocycles. The Bertz CT molecular complexity index is 1380. The number of benzene rings is 1. The minimum Gasteiger partial charge on any atom is -0.467 e. The van der Waals surface area contributed by atoms with E-state index < -0.39 is 0 Å². The van der Waals surface area contributed by atoms with Crippen LogP contribution in [0.15, 0.2) is 82.3 Å². The number of hydrogen-bond acceptors (Lipinski definition) is 5. The van der Waals surface area contributed by atoms with Crippen molar-refractivity contribution in [2.75, 3.05) is 0 Å². The van der Waals surface area contributed by atoms with Crippen molar-refractivity contribution >= 4 is 16.9 Å². The first-order chi connectivity index (χ1) is 15.5. The molecule has 160 valence electrons. The normalized spacial score (nSPS) is 11.2. The van der Waals surface area contributed by atoms with Gasteiger partial charge in [0.05, 0.1) is 31.1 Å². The summed E-state index contributed by atoms with van der Waals surface area (Å²) in [4.78, 5) is 19.5. The maximum atomic E-state index is 13.5. The van der Waals surface area contributed by atoms with Crippen molar-refractivity contribution in [1.82, 2.24) is 19.7 Å². The molecule has 7 nitrogen and oxygen atoms in total. The van der Waals surface area contributed by atoms with Crippen molar-refractivity contribution in [1.29, 1.82) is 0 Å². The number of carbonyl (C=O) groups excluding carboxylic acids is 1. The molecular formula is C25H22N4O3. The Morgan fingerprint density at radius 1 is 1.03 bits per heavy atom. The quantitative estimate of drug-likeness (QED) is 0.383. The lowest BCUT2D eigenvalue weighted by atomic mass is 10.1. The Morgan fingerprint density at radius 3 is 2.69 bits per heavy atom. The molecule has 0 radical (unpaired) electrons. The summed E-state index contributed by atoms with van der Waals surface area (Å²) < 4.78 is 13.2. The van der Waals surface area contributed by atoms with Crippen LogP contribution in [-0.4, -0.2) is 25.6 Å². The van der Waals surface area contributed by atoms with Crippen molar-refractivity contribution in [2.24, 2.45) is 7.05 Å². The first-order valence-electron chi connectivity index (χ1n) is 10.3. The van der Waals surface area contributed by atoms with Crippen molar-refractivity contribution < 1.29 is 13.6 Å². The lowest BCUT2D eigenvalue weighted by Crippen LogP contribution is -2.30. The number of aryl methyl sites for hydroxylation is 2. The number of rotatable bonds is 6. The molecule has 0 aliphatic heterocycles. The summed E-state index contributed by atoms with van der Waals surface area (Å²) in [5.41, 5.74) is 4.19. The molecule has 0 saturated heterocycles. The highest BCUT2D eigenvalue weighted by Crippen LogP contribution is 2.24. The first kappa shape index (κ1) is 19.8. The van der Waals surface area contributed by atoms with Gasteiger partial charge in [-0.2, -0.15) is 5.10 Å². The third-order valence-corrected chi connectivity index (χ3v) is 5.31. The minimum absolute atomic E-state index is 0.156. The van der Waals surface area contributed by atoms with Crippen LogP contribution in [0.4, 0.5) is 0 Å². The van der Waals surface area contributed by atoms with Crippen LogP contribution >= 0.6 is 0 Å². The van der Waals surface area contributed by atoms with Gasteiger partial charge in [0.2, 0.25) is 0 Å². The van der Waals surface area contributed by atoms with E-state index >= 15 is 0 Å². The number of pyridine rings is 1. The fourth-order valence-electron chi connectivity index (χ4n) is 3.74. The summed E-state index contributed by atoms with van der Waals surface area (Å²) in [6.07, 6.45) is 8.56. The summed E-state index contributed by atoms with van der Waals surface area (Å²) in [6.45, 7) is 2.67. The molecule has 32 heavy (non-hydrogen) atoms. The number of amides is 1. The Kier molecular flexibility index (Phi) is 5.07. The molecule has 0 unspecified atom stereocenters. The highest BCUT2D eigenvalue weighted by Gasteiger charge is 2.21. The zero-order valence-corrected chi connectivity index (χ0v) is 17.9. The van der Waals surface area contributed by atoms with Gasteiger partial charge in [0.25, 0.3) is 5.91 Å². The van der Waals surface area contributed by atoms with Crippen LogP contribution in [0.3, 0.4) is 0 Å². The van der Waals surface area contributed by atoms with E-state index in [4.69, 9.17) is 8.83 Å². The molecule has 0 N–H and O–H groups in total. The van der Waals surface area contributed by atoms with Crippen LogP contribution in [0, 0.1) is 6.92 Å². The number of carbonyl (C=O) groups is 1. The summed E-state index contributed by atoms with van der Waals surface area (Å²) in [7, 11) is 1.85. The predicted octanol–water partition coefficient (Wildman–Crippen LogP) is 4.97. The van der Waals surface area contributed by atoms with Gasteiger partial charge in [-0.05, 0) is 43.3 Å². The Morgan fingerprint density at radius 2 is 1.91 bits per heavy atom. The maximum Gasteiger partial charge on any atom is 0.256 e. The van der Waals surface area contributed by atoms with Crippen molar-refractivity contribution in [3.63, 3.8) is 0 Å². The van der Waals surface area contributed by atoms with E-state index in [9.17, 15) is 4.79 Å². The number of furan rings is 2. The maximum absolute atomic E-state index is 13.5. The van der Waals surface area contributed by atoms with Gasteiger partial charge in [0.15, 0.2) is 0 Å². The highest BCUT2D eigenvalue weighted by molar-refractivity contribution is 5.95. The van der Waals surface area contributed by atoms with Gasteiger partial charge in [-0.3, -0.25) is 14.5 Å². The van der Waals surface area contributed by atoms with Gasteiger partial charge < -0.3 is 13.7 Å². The van der Waals surface area contributed by atoms with Crippen LogP contribution in [0.25, 0.3) is 22.1 Å². The second-order valence-electron chi connectivity index (χ2n) is 7.86. The third kappa shape index (κ3) is 4.05. The fraction of sp³-hybridized carbons (Fsp3) is 0.160. The Labute approximate surface area is 184 Å². The lowest BCUT2D eigenvalue weighted by Gasteiger charge is -2.20. The molecule has 1 aromatic carbocycles. The van der Waals surface area contributed by atoms with Crippen LogP contribution in [0.2, 0.25) is 0 Å². The van der Waals surface area contributed by atoms with Crippen LogP contribution < -0.4 is 0 Å². The van der Waals surface area contributed by atoms with Crippen LogP contribution in [-0.2, 0) is 20.1 Å². The zero-order chi connectivity index (χ0) is 22.1. The lowest BCUT2D eigenvalue weighted by molar-refractivity contribution is 0.0705. The molecular weight excluding hydrogens is 404 g/mol. The highest BCUT2D eigenvalue weighted by atomic mass is 16.3. The number of nitrogens with zero attached hydrogens (tertiary/aromatic N) is 4. The molecule has 0 saturated carbocycles. The van der Waals surface area contributed by atoms with E-state index in [1.54, 1.807) is 34.4 Å². The summed E-state index contributed by atoms with van der Waals surface area (Å²) >= 11 is 0. The number of aromatic nitrogens is 3. The van der Waals surface area contributed by atoms with Crippen LogP contribution in [0.5, 0.6) is 0 Å². The van der Waals surface area contributed by atoms with Crippen molar-refractivity contribution in [3.05, 3.63) is 96.2 Å². The molecule has 0 atom stereocenters. The summed E-state index contributed by atoms with van der Waals surface area (Å²) in [5, 5.41) is 5.22. The average molecular weight is 426 g/mol. The molecule has 0 spiro atoms. The molecule has 0 fully saturated rings. The van der Waals surface area contributed by atoms with Gasteiger partial charge in [0, 0.05) is 42.2 Å². The zero-order valence-electron chi connectivity index (χ0n) is 17.9. The van der Waals surface area contributed by atoms with E-state index in [1.165, 1.54) is 0 Å². The molecule has 0 bridgehead atoms. The second kappa shape index (κ2) is 8.19. The van der Waals surface area contributed by atoms with E-state index in [0.29, 0.717) is 30.2 Å². The van der Waals surface area contributed by atoms with E-state index in [0.717, 1.165) is 27.7 Å². The van der Waals surface area contributed by atoms with E-state index in [-0.39, 0.29) is 5.91 Å². The van der Waals surface area contributed by atoms with E-state index in [2.05, 4.69) is 16.1 Å². The SMILES string of the molecule is Cc1ccc2oc(CN(Cc3ccco3)C(=O)c3cncc(-c4cnn(C)c4)c3)cc2c1. The molecule has 5 aromatic rings. The number of fused-ring (bicyclic) bond motifs is 1. The Balaban J connectivity index is 1.46. The van der Waals surface area contributed by atoms with Crippen molar-refractivity contribution in [2.45, 2.75) is 20.0 Å². The first-order valence-corrected chi connectivity index (χ1v) is 10.3. The topological polar surface area (TPSA) is 77.3 Å². The van der Waals surface area contributed by atoms with Gasteiger partial charge in [0.1, 0.15) is 17.1 Å². The van der Waals surface area contributed by atoms with Gasteiger partial charge in [-0.15, -0.1) is 0 Å². The molecule has 0 aliphatic carbocycles. The average Bonchev–Trinajstić information content (AvgIpc) is 3.54. The summed E-state index contributed by atoms with van der Waals surface area (Å²) in [5.74, 6) is 1.25. The molecule has 4 heterocycles. The van der Waals surface area contributed by atoms with Gasteiger partial charge in [-0.25, -0.2) is 0 Å². The smallest absolute Gasteiger partial charge is 0.256 e. The summed E-state index contributed by atoms with van der Waals surface area (Å²) in [6, 6.07) is 13.5. The molecule has 0 aliphatic rings. The van der Waals surface area contributed by atoms with Crippen LogP contribution in [0.1, 0.15) is 27.4 Å². The number of hydrogen-bond donors (Lipinski definition) is 0. The largest absolute Gasteiger partial charge is 0.467 e. The monoisotopic (exact) mass is 426 g/mol. The molecule has 7 heteroatoms. The van der Waals surface area contributed by atoms with Gasteiger partial charge >= 0.3 is 0 Å². The second-order valence-corrected chi connectivity index (χ2v) is 7.86. The molecule has 1 amide bonds.